The van der Waals surface area contributed by atoms with Crippen LogP contribution in [-0.4, -0.2) is 59.2 Å². The van der Waals surface area contributed by atoms with Crippen molar-refractivity contribution in [3.05, 3.63) is 287 Å². The summed E-state index contributed by atoms with van der Waals surface area (Å²) < 4.78 is 186. The van der Waals surface area contributed by atoms with Gasteiger partial charge in [-0.05, 0) is 318 Å². The monoisotopic (exact) mass is 1770 g/mol. The number of alkyl halides is 12. The highest BCUT2D eigenvalue weighted by Gasteiger charge is 2.35. The quantitative estimate of drug-likeness (QED) is 0.0485. The largest absolute Gasteiger partial charge is 0.478 e. The van der Waals surface area contributed by atoms with Crippen LogP contribution in [0.25, 0.3) is 43.1 Å². The van der Waals surface area contributed by atoms with Gasteiger partial charge in [-0.15, -0.1) is 12.4 Å². The highest BCUT2D eigenvalue weighted by Crippen LogP contribution is 2.41. The number of benzene rings is 12. The summed E-state index contributed by atoms with van der Waals surface area (Å²) in [7, 11) is 0. The van der Waals surface area contributed by atoms with E-state index in [1.807, 2.05) is 39.0 Å². The van der Waals surface area contributed by atoms with E-state index >= 15 is 0 Å². The summed E-state index contributed by atoms with van der Waals surface area (Å²) in [4.78, 5) is 48.8. The van der Waals surface area contributed by atoms with E-state index in [0.29, 0.717) is 91.5 Å². The Hall–Kier alpha value is -11.6. The number of fused-ring (bicyclic) bond motifs is 4. The van der Waals surface area contributed by atoms with Crippen LogP contribution >= 0.6 is 24.6 Å². The van der Waals surface area contributed by atoms with E-state index in [2.05, 4.69) is 22.9 Å². The van der Waals surface area contributed by atoms with Gasteiger partial charge in [-0.25, -0.2) is 4.79 Å². The smallest absolute Gasteiger partial charge is 0.416 e. The molecule has 0 heterocycles. The van der Waals surface area contributed by atoms with Crippen LogP contribution in [0.3, 0.4) is 0 Å². The Balaban J connectivity index is 0.000000168. The number of carboxylic acids is 1. The van der Waals surface area contributed by atoms with Gasteiger partial charge >= 0.3 is 30.7 Å². The molecule has 4 atom stereocenters. The van der Waals surface area contributed by atoms with E-state index < -0.39 is 52.9 Å². The molecular formula is C97H94ClF13N4O9S. The van der Waals surface area contributed by atoms with Crippen molar-refractivity contribution in [3.8, 4) is 46.0 Å². The molecule has 6 N–H and O–H groups in total. The number of carbonyl (C=O) groups is 4. The number of nitrogens with one attached hydrogen (secondary N) is 3. The molecule has 13 nitrogen and oxygen atoms in total. The fraction of sp³-hybridized carbons (Fsp3) is 0.299. The number of hydrogen-bond donors (Lipinski definition) is 5. The molecule has 0 saturated heterocycles. The van der Waals surface area contributed by atoms with Gasteiger partial charge in [0.15, 0.2) is 0 Å². The highest BCUT2D eigenvalue weighted by atomic mass is 35.5. The van der Waals surface area contributed by atoms with Gasteiger partial charge in [0.1, 0.15) is 46.0 Å². The molecule has 0 aromatic heterocycles. The number of carboxylic acid groups (broad SMARTS) is 1. The fourth-order valence-electron chi connectivity index (χ4n) is 14.3. The minimum atomic E-state index is -4.40. The lowest BCUT2D eigenvalue weighted by Gasteiger charge is -2.31. The lowest BCUT2D eigenvalue weighted by molar-refractivity contribution is -0.138. The van der Waals surface area contributed by atoms with Crippen molar-refractivity contribution < 1.29 is 99.8 Å². The maximum atomic E-state index is 12.7. The molecule has 4 fully saturated rings. The number of aromatic carboxylic acids is 1. The zero-order valence-corrected chi connectivity index (χ0v) is 70.4. The van der Waals surface area contributed by atoms with Crippen molar-refractivity contribution in [3.63, 3.8) is 0 Å². The topological polar surface area (TPSA) is 188 Å². The van der Waals surface area contributed by atoms with Gasteiger partial charge in [0, 0.05) is 80.8 Å². The second kappa shape index (κ2) is 42.9. The third-order valence-electron chi connectivity index (χ3n) is 22.6. The van der Waals surface area contributed by atoms with E-state index in [9.17, 15) is 75.7 Å². The molecular weight excluding hydrogens is 1680 g/mol. The van der Waals surface area contributed by atoms with Crippen LogP contribution in [-0.2, 0) is 24.7 Å². The zero-order chi connectivity index (χ0) is 89.2. The molecule has 2 unspecified atom stereocenters. The van der Waals surface area contributed by atoms with E-state index in [4.69, 9.17) is 29.8 Å². The Morgan fingerprint density at radius 3 is 0.728 bits per heavy atom. The standard InChI is InChI=1S/3C24H22F3NO2.C18H11F3O3.C6H13N.CH3FS.ClH/c3*1-15(16-4-2-5-16)28-23(29)18-8-13-21-17(14-18)6-3-7-22(21)30-20-11-9-19(10-12-20)24(25,26)27;19-18(20,21)13-5-7-14(8-6-13)24-16-3-1-2-11-10-12(17(22)23)4-9-15(11)16;1-5(7)6-3-2-4-6;1-3-2;/h3*3,6-16H,2,4-5H2,1H3,(H,28,29);1-10H,(H,22,23);5-6H,2-4,7H2,1H3;1H3;1H/t2*15-;;;;;/m10...../s1. The molecule has 660 valence electrons. The van der Waals surface area contributed by atoms with E-state index in [1.54, 1.807) is 115 Å². The van der Waals surface area contributed by atoms with Gasteiger partial charge in [-0.1, -0.05) is 74.2 Å². The summed E-state index contributed by atoms with van der Waals surface area (Å²) in [5, 5.41) is 24.4. The van der Waals surface area contributed by atoms with Crippen LogP contribution < -0.4 is 40.6 Å². The first-order valence-corrected chi connectivity index (χ1v) is 41.7. The second-order valence-electron chi connectivity index (χ2n) is 31.1. The first-order valence-electron chi connectivity index (χ1n) is 40.6. The van der Waals surface area contributed by atoms with Crippen LogP contribution in [0.15, 0.2) is 243 Å². The van der Waals surface area contributed by atoms with Crippen molar-refractivity contribution >= 4 is 91.3 Å². The lowest BCUT2D eigenvalue weighted by atomic mass is 9.80. The lowest BCUT2D eigenvalue weighted by Crippen LogP contribution is -2.40. The highest BCUT2D eigenvalue weighted by molar-refractivity contribution is 7.93. The van der Waals surface area contributed by atoms with Crippen LogP contribution in [0.4, 0.5) is 56.6 Å². The van der Waals surface area contributed by atoms with E-state index in [-0.39, 0.29) is 71.7 Å². The van der Waals surface area contributed by atoms with Gasteiger partial charge in [0.2, 0.25) is 0 Å². The molecule has 4 aliphatic rings. The molecule has 125 heavy (non-hydrogen) atoms. The first-order chi connectivity index (χ1) is 59.0. The van der Waals surface area contributed by atoms with Crippen LogP contribution in [0, 0.1) is 23.7 Å². The Bertz CT molecular complexity index is 5220. The minimum absolute atomic E-state index is 0. The number of amides is 3. The number of halogens is 14. The Labute approximate surface area is 725 Å². The summed E-state index contributed by atoms with van der Waals surface area (Å²) in [6.07, 6.45) is -1.41. The molecule has 0 aliphatic heterocycles. The van der Waals surface area contributed by atoms with Crippen LogP contribution in [0.1, 0.15) is 168 Å². The zero-order valence-electron chi connectivity index (χ0n) is 68.7. The molecule has 4 aliphatic carbocycles. The molecule has 0 radical (unpaired) electrons. The number of ether oxygens (including phenoxy) is 4. The number of nitrogens with two attached hydrogens (primary N) is 1. The third kappa shape index (κ3) is 26.3. The summed E-state index contributed by atoms with van der Waals surface area (Å²) in [5.41, 5.74) is 4.54. The Morgan fingerprint density at radius 1 is 0.344 bits per heavy atom. The number of carbonyl (C=O) groups excluding carboxylic acids is 3. The molecule has 0 bridgehead atoms. The molecule has 12 aromatic carbocycles. The van der Waals surface area contributed by atoms with Crippen molar-refractivity contribution in [2.75, 3.05) is 6.26 Å². The molecule has 3 amide bonds. The maximum Gasteiger partial charge on any atom is 0.416 e. The number of rotatable bonds is 19. The van der Waals surface area contributed by atoms with Gasteiger partial charge in [0.25, 0.3) is 17.7 Å². The summed E-state index contributed by atoms with van der Waals surface area (Å²) in [6.45, 7) is 8.22. The second-order valence-corrected chi connectivity index (χ2v) is 31.4. The van der Waals surface area contributed by atoms with E-state index in [0.717, 1.165) is 125 Å². The average Bonchev–Trinajstić information content (AvgIpc) is 0.797. The van der Waals surface area contributed by atoms with Crippen molar-refractivity contribution in [1.29, 1.82) is 0 Å². The number of hydrogen-bond acceptors (Lipinski definition) is 10. The van der Waals surface area contributed by atoms with Gasteiger partial charge in [-0.3, -0.25) is 14.4 Å². The first kappa shape index (κ1) is 95.7. The summed E-state index contributed by atoms with van der Waals surface area (Å²) >= 11 is 0.250. The molecule has 0 spiro atoms. The molecule has 4 saturated carbocycles. The molecule has 16 rings (SSSR count). The maximum absolute atomic E-state index is 12.7. The Morgan fingerprint density at radius 2 is 0.552 bits per heavy atom. The van der Waals surface area contributed by atoms with Crippen LogP contribution in [0.2, 0.25) is 0 Å². The Kier molecular flexibility index (Phi) is 32.8. The SMILES string of the molecule is CC(N)C1CCC1.CC(NC(=O)c1ccc2c(Oc3ccc(C(F)(F)F)cc3)cccc2c1)C1CCC1.CSF.C[C@@H](NC(=O)c1ccc2c(Oc3ccc(C(F)(F)F)cc3)cccc2c1)C1CCC1.C[C@H](NC(=O)c1ccc2c(Oc3ccc(C(F)(F)F)cc3)cccc2c1)C1CCC1.Cl.O=C(O)c1ccc2c(Oc3ccc(C(F)(F)F)cc3)cccc2c1. The fourth-order valence-corrected chi connectivity index (χ4v) is 14.3. The summed E-state index contributed by atoms with van der Waals surface area (Å²) in [5.74, 6) is 4.35. The van der Waals surface area contributed by atoms with Crippen molar-refractivity contribution in [2.24, 2.45) is 29.4 Å². The van der Waals surface area contributed by atoms with Gasteiger partial charge < -0.3 is 45.7 Å². The third-order valence-corrected chi connectivity index (χ3v) is 22.6. The summed E-state index contributed by atoms with van der Waals surface area (Å²) in [6, 6.07) is 61.0. The van der Waals surface area contributed by atoms with Gasteiger partial charge in [0.05, 0.1) is 27.8 Å². The average molecular weight is 1770 g/mol. The molecule has 12 aromatic rings. The predicted molar refractivity (Wildman–Crippen MR) is 464 cm³/mol. The van der Waals surface area contributed by atoms with Crippen LogP contribution in [0.5, 0.6) is 46.0 Å². The normalized spacial score (nSPS) is 15.0. The molecule has 28 heteroatoms. The van der Waals surface area contributed by atoms with E-state index in [1.165, 1.54) is 105 Å². The predicted octanol–water partition coefficient (Wildman–Crippen LogP) is 27.8. The van der Waals surface area contributed by atoms with Crippen molar-refractivity contribution in [2.45, 2.75) is 154 Å². The van der Waals surface area contributed by atoms with Crippen molar-refractivity contribution in [1.82, 2.24) is 16.0 Å². The minimum Gasteiger partial charge on any atom is -0.478 e. The van der Waals surface area contributed by atoms with Gasteiger partial charge in [-0.2, -0.15) is 56.6 Å².